The molecule has 0 saturated carbocycles. The van der Waals surface area contributed by atoms with E-state index in [0.29, 0.717) is 6.54 Å². The second-order valence-electron chi connectivity index (χ2n) is 4.02. The van der Waals surface area contributed by atoms with Crippen molar-refractivity contribution in [3.8, 4) is 17.0 Å². The van der Waals surface area contributed by atoms with Gasteiger partial charge in [-0.15, -0.1) is 0 Å². The van der Waals surface area contributed by atoms with E-state index in [1.807, 2.05) is 47.3 Å². The molecule has 4 nitrogen and oxygen atoms in total. The summed E-state index contributed by atoms with van der Waals surface area (Å²) in [6.45, 7) is 0.489. The Kier molecular flexibility index (Phi) is 2.70. The number of hydrogen-bond donors (Lipinski definition) is 1. The zero-order valence-electron chi connectivity index (χ0n) is 9.78. The third-order valence-corrected chi connectivity index (χ3v) is 2.79. The van der Waals surface area contributed by atoms with Crippen molar-refractivity contribution in [3.63, 3.8) is 0 Å². The molecule has 0 spiro atoms. The molecule has 4 heteroatoms. The fourth-order valence-corrected chi connectivity index (χ4v) is 1.93. The summed E-state index contributed by atoms with van der Waals surface area (Å²) >= 11 is 0. The average molecular weight is 239 g/mol. The Morgan fingerprint density at radius 1 is 1.22 bits per heavy atom. The predicted molar refractivity (Wildman–Crippen MR) is 69.2 cm³/mol. The topological polar surface area (TPSA) is 57.0 Å². The van der Waals surface area contributed by atoms with Gasteiger partial charge in [0.1, 0.15) is 5.76 Å². The summed E-state index contributed by atoms with van der Waals surface area (Å²) in [7, 11) is 0. The highest BCUT2D eigenvalue weighted by atomic mass is 16.3. The van der Waals surface area contributed by atoms with E-state index in [9.17, 15) is 0 Å². The first-order valence-corrected chi connectivity index (χ1v) is 5.75. The molecule has 3 rings (SSSR count). The molecule has 1 aromatic carbocycles. The van der Waals surface area contributed by atoms with Crippen LogP contribution in [0.25, 0.3) is 17.0 Å². The Morgan fingerprint density at radius 3 is 2.83 bits per heavy atom. The molecule has 2 heterocycles. The summed E-state index contributed by atoms with van der Waals surface area (Å²) in [5.74, 6) is 0.832. The Morgan fingerprint density at radius 2 is 2.17 bits per heavy atom. The normalized spacial score (nSPS) is 10.7. The maximum absolute atomic E-state index is 5.73. The molecular formula is C14H13N3O. The maximum Gasteiger partial charge on any atom is 0.133 e. The van der Waals surface area contributed by atoms with Crippen molar-refractivity contribution >= 4 is 0 Å². The van der Waals surface area contributed by atoms with Gasteiger partial charge in [0.05, 0.1) is 12.0 Å². The van der Waals surface area contributed by atoms with Crippen molar-refractivity contribution in [1.29, 1.82) is 0 Å². The van der Waals surface area contributed by atoms with E-state index in [1.165, 1.54) is 0 Å². The number of aromatic nitrogens is 2. The van der Waals surface area contributed by atoms with Gasteiger partial charge in [-0.1, -0.05) is 0 Å². The fraction of sp³-hybridized carbons (Fsp3) is 0.0714. The van der Waals surface area contributed by atoms with Crippen LogP contribution in [0, 0.1) is 0 Å². The minimum Gasteiger partial charge on any atom is -0.464 e. The molecule has 18 heavy (non-hydrogen) atoms. The van der Waals surface area contributed by atoms with E-state index in [0.717, 1.165) is 22.6 Å². The van der Waals surface area contributed by atoms with E-state index in [-0.39, 0.29) is 0 Å². The van der Waals surface area contributed by atoms with E-state index in [1.54, 1.807) is 12.5 Å². The van der Waals surface area contributed by atoms with Crippen LogP contribution in [-0.2, 0) is 6.54 Å². The SMILES string of the molecule is NCc1cc(-c2ccco2)cc(-n2cccn2)c1. The quantitative estimate of drug-likeness (QED) is 0.764. The number of rotatable bonds is 3. The van der Waals surface area contributed by atoms with Gasteiger partial charge < -0.3 is 10.2 Å². The summed E-state index contributed by atoms with van der Waals surface area (Å²) in [5, 5.41) is 4.23. The van der Waals surface area contributed by atoms with Gasteiger partial charge in [-0.2, -0.15) is 5.10 Å². The lowest BCUT2D eigenvalue weighted by Crippen LogP contribution is -2.00. The van der Waals surface area contributed by atoms with Crippen LogP contribution in [0.3, 0.4) is 0 Å². The highest BCUT2D eigenvalue weighted by Gasteiger charge is 2.06. The van der Waals surface area contributed by atoms with Crippen LogP contribution in [0.2, 0.25) is 0 Å². The van der Waals surface area contributed by atoms with Crippen LogP contribution in [0.15, 0.2) is 59.5 Å². The minimum absolute atomic E-state index is 0.489. The monoisotopic (exact) mass is 239 g/mol. The molecule has 90 valence electrons. The number of benzene rings is 1. The van der Waals surface area contributed by atoms with Gasteiger partial charge >= 0.3 is 0 Å². The maximum atomic E-state index is 5.73. The molecule has 2 N–H and O–H groups in total. The van der Waals surface area contributed by atoms with Crippen molar-refractivity contribution in [2.24, 2.45) is 5.73 Å². The Labute approximate surface area is 105 Å². The van der Waals surface area contributed by atoms with Crippen molar-refractivity contribution in [1.82, 2.24) is 9.78 Å². The highest BCUT2D eigenvalue weighted by molar-refractivity contribution is 5.62. The van der Waals surface area contributed by atoms with Gasteiger partial charge in [0.25, 0.3) is 0 Å². The average Bonchev–Trinajstić information content (AvgIpc) is 3.10. The third kappa shape index (κ3) is 1.94. The molecule has 0 radical (unpaired) electrons. The molecule has 0 aliphatic rings. The lowest BCUT2D eigenvalue weighted by atomic mass is 10.1. The van der Waals surface area contributed by atoms with Crippen molar-refractivity contribution in [3.05, 3.63) is 60.6 Å². The van der Waals surface area contributed by atoms with E-state index in [2.05, 4.69) is 5.10 Å². The molecule has 0 amide bonds. The van der Waals surface area contributed by atoms with Gasteiger partial charge in [0.2, 0.25) is 0 Å². The number of furan rings is 1. The number of hydrogen-bond acceptors (Lipinski definition) is 3. The summed E-state index contributed by atoms with van der Waals surface area (Å²) in [5.41, 5.74) is 8.77. The zero-order valence-corrected chi connectivity index (χ0v) is 9.78. The van der Waals surface area contributed by atoms with Gasteiger partial charge in [-0.05, 0) is 42.0 Å². The first kappa shape index (κ1) is 10.8. The summed E-state index contributed by atoms with van der Waals surface area (Å²) < 4.78 is 7.23. The largest absolute Gasteiger partial charge is 0.464 e. The molecule has 0 atom stereocenters. The zero-order chi connectivity index (χ0) is 12.4. The van der Waals surface area contributed by atoms with Crippen LogP contribution in [0.4, 0.5) is 0 Å². The van der Waals surface area contributed by atoms with E-state index < -0.39 is 0 Å². The first-order valence-electron chi connectivity index (χ1n) is 5.75. The van der Waals surface area contributed by atoms with Crippen molar-refractivity contribution in [2.45, 2.75) is 6.54 Å². The van der Waals surface area contributed by atoms with Crippen molar-refractivity contribution in [2.75, 3.05) is 0 Å². The molecular weight excluding hydrogens is 226 g/mol. The first-order chi connectivity index (χ1) is 8.86. The van der Waals surface area contributed by atoms with Crippen LogP contribution in [0.1, 0.15) is 5.56 Å². The molecule has 0 fully saturated rings. The van der Waals surface area contributed by atoms with Gasteiger partial charge in [0, 0.05) is 24.5 Å². The molecule has 0 unspecified atom stereocenters. The second-order valence-corrected chi connectivity index (χ2v) is 4.02. The van der Waals surface area contributed by atoms with Gasteiger partial charge in [-0.25, -0.2) is 4.68 Å². The molecule has 0 saturated heterocycles. The van der Waals surface area contributed by atoms with Crippen LogP contribution in [0.5, 0.6) is 0 Å². The smallest absolute Gasteiger partial charge is 0.133 e. The summed E-state index contributed by atoms with van der Waals surface area (Å²) in [6, 6.07) is 11.8. The summed E-state index contributed by atoms with van der Waals surface area (Å²) in [4.78, 5) is 0. The lowest BCUT2D eigenvalue weighted by molar-refractivity contribution is 0.582. The minimum atomic E-state index is 0.489. The third-order valence-electron chi connectivity index (χ3n) is 2.79. The predicted octanol–water partition coefficient (Wildman–Crippen LogP) is 2.59. The Hall–Kier alpha value is -2.33. The summed E-state index contributed by atoms with van der Waals surface area (Å²) in [6.07, 6.45) is 5.32. The molecule has 0 aliphatic carbocycles. The van der Waals surface area contributed by atoms with Crippen LogP contribution in [-0.4, -0.2) is 9.78 Å². The Bertz CT molecular complexity index is 575. The molecule has 0 aliphatic heterocycles. The molecule has 0 bridgehead atoms. The molecule has 3 aromatic rings. The number of nitrogens with two attached hydrogens (primary N) is 1. The Balaban J connectivity index is 2.13. The second kappa shape index (κ2) is 4.50. The number of nitrogens with zero attached hydrogens (tertiary/aromatic N) is 2. The van der Waals surface area contributed by atoms with Crippen LogP contribution >= 0.6 is 0 Å². The van der Waals surface area contributed by atoms with E-state index in [4.69, 9.17) is 10.2 Å². The van der Waals surface area contributed by atoms with Crippen molar-refractivity contribution < 1.29 is 4.42 Å². The standard InChI is InChI=1S/C14H13N3O/c15-10-11-7-12(14-3-1-6-18-14)9-13(8-11)17-5-2-4-16-17/h1-9H,10,15H2. The fourth-order valence-electron chi connectivity index (χ4n) is 1.93. The molecule has 2 aromatic heterocycles. The van der Waals surface area contributed by atoms with Gasteiger partial charge in [-0.3, -0.25) is 0 Å². The van der Waals surface area contributed by atoms with Crippen LogP contribution < -0.4 is 5.73 Å². The highest BCUT2D eigenvalue weighted by Crippen LogP contribution is 2.24. The lowest BCUT2D eigenvalue weighted by Gasteiger charge is -2.07. The van der Waals surface area contributed by atoms with Gasteiger partial charge in [0.15, 0.2) is 0 Å². The van der Waals surface area contributed by atoms with E-state index >= 15 is 0 Å².